The van der Waals surface area contributed by atoms with Crippen molar-refractivity contribution in [3.8, 4) is 0 Å². The van der Waals surface area contributed by atoms with Gasteiger partial charge in [-0.2, -0.15) is 0 Å². The molecular formula is C15H21NO3S. The highest BCUT2D eigenvalue weighted by Crippen LogP contribution is 2.24. The van der Waals surface area contributed by atoms with Gasteiger partial charge in [0.2, 0.25) is 0 Å². The zero-order valence-corrected chi connectivity index (χ0v) is 12.7. The maximum Gasteiger partial charge on any atom is 0.134 e. The molecule has 0 aliphatic carbocycles. The van der Waals surface area contributed by atoms with Crippen molar-refractivity contribution in [2.24, 2.45) is 0 Å². The number of nitrogens with one attached hydrogen (secondary N) is 1. The van der Waals surface area contributed by atoms with Crippen molar-refractivity contribution in [1.29, 1.82) is 0 Å². The van der Waals surface area contributed by atoms with Crippen LogP contribution in [0.25, 0.3) is 11.0 Å². The Morgan fingerprint density at radius 1 is 1.40 bits per heavy atom. The summed E-state index contributed by atoms with van der Waals surface area (Å²) in [7, 11) is 0.702. The van der Waals surface area contributed by atoms with Crippen molar-refractivity contribution >= 4 is 21.8 Å². The number of hydrogen-bond donors (Lipinski definition) is 1. The van der Waals surface area contributed by atoms with Crippen LogP contribution in [0, 0.1) is 0 Å². The molecule has 2 rings (SSSR count). The van der Waals surface area contributed by atoms with Crippen molar-refractivity contribution in [2.75, 3.05) is 31.8 Å². The lowest BCUT2D eigenvalue weighted by molar-refractivity contribution is 0.218. The van der Waals surface area contributed by atoms with Crippen molar-refractivity contribution in [1.82, 2.24) is 5.32 Å². The van der Waals surface area contributed by atoms with Gasteiger partial charge in [0.15, 0.2) is 0 Å². The van der Waals surface area contributed by atoms with E-state index in [1.807, 2.05) is 37.3 Å². The molecule has 1 N–H and O–H groups in total. The van der Waals surface area contributed by atoms with E-state index in [9.17, 15) is 4.21 Å². The number of methoxy groups -OCH3 is 1. The van der Waals surface area contributed by atoms with E-state index in [0.29, 0.717) is 18.1 Å². The third-order valence-corrected chi connectivity index (χ3v) is 4.43. The summed E-state index contributed by atoms with van der Waals surface area (Å²) in [6.07, 6.45) is 0. The smallest absolute Gasteiger partial charge is 0.134 e. The molecule has 110 valence electrons. The van der Waals surface area contributed by atoms with E-state index in [0.717, 1.165) is 23.3 Å². The Labute approximate surface area is 121 Å². The number of ether oxygens (including phenoxy) is 1. The first kappa shape index (κ1) is 15.2. The van der Waals surface area contributed by atoms with Gasteiger partial charge < -0.3 is 14.5 Å². The molecule has 1 aromatic carbocycles. The lowest BCUT2D eigenvalue weighted by Gasteiger charge is -2.14. The number of para-hydroxylation sites is 1. The van der Waals surface area contributed by atoms with Crippen LogP contribution in [-0.2, 0) is 15.5 Å². The van der Waals surface area contributed by atoms with Crippen molar-refractivity contribution < 1.29 is 13.4 Å². The predicted octanol–water partition coefficient (Wildman–Crippen LogP) is 2.48. The molecule has 4 nitrogen and oxygen atoms in total. The molecule has 0 spiro atoms. The topological polar surface area (TPSA) is 51.5 Å². The van der Waals surface area contributed by atoms with Gasteiger partial charge in [0.05, 0.1) is 12.6 Å². The Morgan fingerprint density at radius 3 is 2.90 bits per heavy atom. The molecule has 2 aromatic rings. The summed E-state index contributed by atoms with van der Waals surface area (Å²) in [5.41, 5.74) is 0.869. The molecule has 0 saturated carbocycles. The highest BCUT2D eigenvalue weighted by Gasteiger charge is 2.18. The molecule has 0 bridgehead atoms. The molecule has 1 heterocycles. The second kappa shape index (κ2) is 7.57. The summed E-state index contributed by atoms with van der Waals surface area (Å²) in [4.78, 5) is 0. The van der Waals surface area contributed by atoms with Gasteiger partial charge in [-0.25, -0.2) is 0 Å². The third kappa shape index (κ3) is 3.91. The maximum absolute atomic E-state index is 12.0. The number of furan rings is 1. The first-order valence-corrected chi connectivity index (χ1v) is 8.29. The van der Waals surface area contributed by atoms with Crippen LogP contribution in [0.4, 0.5) is 0 Å². The van der Waals surface area contributed by atoms with Gasteiger partial charge in [-0.05, 0) is 18.7 Å². The van der Waals surface area contributed by atoms with Crippen molar-refractivity contribution in [2.45, 2.75) is 13.0 Å². The van der Waals surface area contributed by atoms with Gasteiger partial charge >= 0.3 is 0 Å². The zero-order chi connectivity index (χ0) is 14.4. The standard InChI is InChI=1S/C15H21NO3S/c1-3-16-13(11-20(17)9-8-18-2)15-10-12-6-4-5-7-14(12)19-15/h4-7,10,13,16H,3,8-9,11H2,1-2H3. The summed E-state index contributed by atoms with van der Waals surface area (Å²) in [6, 6.07) is 9.91. The zero-order valence-electron chi connectivity index (χ0n) is 11.9. The lowest BCUT2D eigenvalue weighted by atomic mass is 10.2. The molecule has 0 aliphatic heterocycles. The molecule has 0 amide bonds. The van der Waals surface area contributed by atoms with E-state index < -0.39 is 10.8 Å². The van der Waals surface area contributed by atoms with Crippen molar-refractivity contribution in [3.05, 3.63) is 36.1 Å². The summed E-state index contributed by atoms with van der Waals surface area (Å²) in [5, 5.41) is 4.42. The minimum Gasteiger partial charge on any atom is -0.459 e. The van der Waals surface area contributed by atoms with E-state index in [4.69, 9.17) is 9.15 Å². The average Bonchev–Trinajstić information content (AvgIpc) is 2.88. The van der Waals surface area contributed by atoms with Crippen LogP contribution in [0.3, 0.4) is 0 Å². The minimum absolute atomic E-state index is 0.0231. The monoisotopic (exact) mass is 295 g/mol. The number of fused-ring (bicyclic) bond motifs is 1. The second-order valence-corrected chi connectivity index (χ2v) is 6.22. The molecule has 20 heavy (non-hydrogen) atoms. The average molecular weight is 295 g/mol. The Balaban J connectivity index is 2.12. The Hall–Kier alpha value is -1.17. The Kier molecular flexibility index (Phi) is 5.76. The molecule has 0 radical (unpaired) electrons. The quantitative estimate of drug-likeness (QED) is 0.813. The van der Waals surface area contributed by atoms with Crippen LogP contribution in [0.15, 0.2) is 34.7 Å². The van der Waals surface area contributed by atoms with Crippen LogP contribution in [0.5, 0.6) is 0 Å². The van der Waals surface area contributed by atoms with Gasteiger partial charge in [0.25, 0.3) is 0 Å². The van der Waals surface area contributed by atoms with E-state index >= 15 is 0 Å². The molecule has 1 aromatic heterocycles. The van der Waals surface area contributed by atoms with E-state index in [2.05, 4.69) is 5.32 Å². The fourth-order valence-corrected chi connectivity index (χ4v) is 3.28. The summed E-state index contributed by atoms with van der Waals surface area (Å²) < 4.78 is 22.9. The maximum atomic E-state index is 12.0. The number of rotatable bonds is 8. The predicted molar refractivity (Wildman–Crippen MR) is 82.4 cm³/mol. The third-order valence-electron chi connectivity index (χ3n) is 3.11. The highest BCUT2D eigenvalue weighted by molar-refractivity contribution is 7.85. The van der Waals surface area contributed by atoms with Crippen LogP contribution in [0.1, 0.15) is 18.7 Å². The second-order valence-electron chi connectivity index (χ2n) is 4.60. The van der Waals surface area contributed by atoms with E-state index in [1.54, 1.807) is 7.11 Å². The van der Waals surface area contributed by atoms with Gasteiger partial charge in [-0.15, -0.1) is 0 Å². The minimum atomic E-state index is -0.921. The highest BCUT2D eigenvalue weighted by atomic mass is 32.2. The SMILES string of the molecule is CCNC(CS(=O)CCOC)c1cc2ccccc2o1. The summed E-state index contributed by atoms with van der Waals surface area (Å²) >= 11 is 0. The van der Waals surface area contributed by atoms with Gasteiger partial charge in [-0.3, -0.25) is 4.21 Å². The molecule has 2 atom stereocenters. The van der Waals surface area contributed by atoms with Gasteiger partial charge in [0.1, 0.15) is 11.3 Å². The number of benzene rings is 1. The van der Waals surface area contributed by atoms with Crippen LogP contribution >= 0.6 is 0 Å². The van der Waals surface area contributed by atoms with E-state index in [-0.39, 0.29) is 6.04 Å². The van der Waals surface area contributed by atoms with E-state index in [1.165, 1.54) is 0 Å². The van der Waals surface area contributed by atoms with Crippen LogP contribution in [0.2, 0.25) is 0 Å². The fourth-order valence-electron chi connectivity index (χ4n) is 2.11. The molecule has 5 heteroatoms. The molecule has 2 unspecified atom stereocenters. The molecule has 0 fully saturated rings. The first-order valence-electron chi connectivity index (χ1n) is 6.80. The van der Waals surface area contributed by atoms with Gasteiger partial charge in [0, 0.05) is 34.8 Å². The summed E-state index contributed by atoms with van der Waals surface area (Å²) in [6.45, 7) is 3.36. The fraction of sp³-hybridized carbons (Fsp3) is 0.467. The molecule has 0 aliphatic rings. The number of hydrogen-bond acceptors (Lipinski definition) is 4. The van der Waals surface area contributed by atoms with Crippen molar-refractivity contribution in [3.63, 3.8) is 0 Å². The largest absolute Gasteiger partial charge is 0.459 e. The van der Waals surface area contributed by atoms with Crippen LogP contribution in [-0.4, -0.2) is 36.0 Å². The summed E-state index contributed by atoms with van der Waals surface area (Å²) in [5.74, 6) is 1.94. The van der Waals surface area contributed by atoms with Crippen LogP contribution < -0.4 is 5.32 Å². The molecule has 0 saturated heterocycles. The Morgan fingerprint density at radius 2 is 2.20 bits per heavy atom. The normalized spacial score (nSPS) is 14.5. The lowest BCUT2D eigenvalue weighted by Crippen LogP contribution is -2.27. The molecular weight excluding hydrogens is 274 g/mol. The first-order chi connectivity index (χ1) is 9.74. The Bertz CT molecular complexity index is 534. The van der Waals surface area contributed by atoms with Gasteiger partial charge in [-0.1, -0.05) is 25.1 Å².